The van der Waals surface area contributed by atoms with Gasteiger partial charge in [-0.05, 0) is 51.2 Å². The van der Waals surface area contributed by atoms with Gasteiger partial charge >= 0.3 is 5.97 Å². The van der Waals surface area contributed by atoms with Crippen LogP contribution in [0.15, 0.2) is 54.9 Å². The van der Waals surface area contributed by atoms with E-state index >= 15 is 0 Å². The van der Waals surface area contributed by atoms with Crippen molar-refractivity contribution in [3.63, 3.8) is 0 Å². The standard InChI is InChI=1S/C24H30N3O5/c1-25(2)20(7-6-17-26-15-4-3-5-16-26)14-18-31-21-10-8-19(9-11-21)24(30)32-27-22(28)12-13-23(27)29/h3-5,8-11,15-16,20H,6-7,12-14,17-18H2,1-2H3/q+1/t20-/m1/s1. The minimum absolute atomic E-state index is 0.0674. The molecule has 1 aliphatic rings. The van der Waals surface area contributed by atoms with Gasteiger partial charge in [0.1, 0.15) is 12.3 Å². The van der Waals surface area contributed by atoms with Gasteiger partial charge in [-0.25, -0.2) is 9.36 Å². The minimum atomic E-state index is -0.746. The third-order valence-electron chi connectivity index (χ3n) is 5.45. The Hall–Kier alpha value is -3.26. The Bertz CT molecular complexity index is 899. The van der Waals surface area contributed by atoms with Gasteiger partial charge in [0, 0.05) is 37.4 Å². The molecule has 0 N–H and O–H groups in total. The monoisotopic (exact) mass is 440 g/mol. The molecule has 1 atom stereocenters. The zero-order chi connectivity index (χ0) is 22.9. The Morgan fingerprint density at radius 3 is 2.31 bits per heavy atom. The quantitative estimate of drug-likeness (QED) is 0.394. The van der Waals surface area contributed by atoms with E-state index in [0.29, 0.717) is 23.5 Å². The Balaban J connectivity index is 1.42. The van der Waals surface area contributed by atoms with Crippen molar-refractivity contribution in [2.45, 2.75) is 44.7 Å². The van der Waals surface area contributed by atoms with Crippen molar-refractivity contribution < 1.29 is 28.5 Å². The molecule has 1 saturated heterocycles. The molecule has 2 heterocycles. The highest BCUT2D eigenvalue weighted by Gasteiger charge is 2.33. The molecule has 1 aromatic heterocycles. The second-order valence-corrected chi connectivity index (χ2v) is 8.00. The fourth-order valence-corrected chi connectivity index (χ4v) is 3.55. The van der Waals surface area contributed by atoms with Crippen molar-refractivity contribution in [3.05, 3.63) is 60.4 Å². The number of nitrogens with zero attached hydrogens (tertiary/aromatic N) is 3. The predicted molar refractivity (Wildman–Crippen MR) is 116 cm³/mol. The second-order valence-electron chi connectivity index (χ2n) is 8.00. The van der Waals surface area contributed by atoms with Crippen molar-refractivity contribution in [3.8, 4) is 5.75 Å². The molecule has 170 valence electrons. The number of aryl methyl sites for hydroxylation is 1. The number of amides is 2. The van der Waals surface area contributed by atoms with Crippen LogP contribution in [0.1, 0.15) is 42.5 Å². The third kappa shape index (κ3) is 6.62. The van der Waals surface area contributed by atoms with Crippen LogP contribution in [-0.4, -0.2) is 54.5 Å². The van der Waals surface area contributed by atoms with Crippen LogP contribution in [0, 0.1) is 0 Å². The van der Waals surface area contributed by atoms with Gasteiger partial charge in [-0.1, -0.05) is 6.07 Å². The lowest BCUT2D eigenvalue weighted by atomic mass is 10.1. The maximum absolute atomic E-state index is 12.2. The summed E-state index contributed by atoms with van der Waals surface area (Å²) in [5.41, 5.74) is 0.245. The summed E-state index contributed by atoms with van der Waals surface area (Å²) in [4.78, 5) is 42.4. The van der Waals surface area contributed by atoms with Gasteiger partial charge < -0.3 is 14.5 Å². The molecule has 8 heteroatoms. The van der Waals surface area contributed by atoms with Gasteiger partial charge in [0.05, 0.1) is 12.2 Å². The molecule has 1 aliphatic heterocycles. The number of benzene rings is 1. The van der Waals surface area contributed by atoms with E-state index in [1.807, 2.05) is 18.2 Å². The molecule has 32 heavy (non-hydrogen) atoms. The number of aromatic nitrogens is 1. The van der Waals surface area contributed by atoms with Crippen molar-refractivity contribution in [1.82, 2.24) is 9.96 Å². The highest BCUT2D eigenvalue weighted by atomic mass is 16.7. The minimum Gasteiger partial charge on any atom is -0.494 e. The van der Waals surface area contributed by atoms with E-state index in [1.165, 1.54) is 0 Å². The SMILES string of the molecule is CN(C)[C@H](CCC[n+]1ccccc1)CCOc1ccc(C(=O)ON2C(=O)CCC2=O)cc1. The van der Waals surface area contributed by atoms with Crippen molar-refractivity contribution in [1.29, 1.82) is 0 Å². The Kier molecular flexibility index (Phi) is 8.33. The van der Waals surface area contributed by atoms with Crippen LogP contribution >= 0.6 is 0 Å². The molecule has 0 radical (unpaired) electrons. The number of rotatable bonds is 11. The number of imide groups is 1. The predicted octanol–water partition coefficient (Wildman–Crippen LogP) is 2.37. The van der Waals surface area contributed by atoms with Gasteiger partial charge in [0.2, 0.25) is 0 Å². The molecular weight excluding hydrogens is 410 g/mol. The lowest BCUT2D eigenvalue weighted by Gasteiger charge is -2.24. The first-order valence-electron chi connectivity index (χ1n) is 10.9. The molecule has 3 rings (SSSR count). The molecule has 1 fully saturated rings. The molecular formula is C24H30N3O5+. The van der Waals surface area contributed by atoms with Crippen LogP contribution in [-0.2, 0) is 21.0 Å². The summed E-state index contributed by atoms with van der Waals surface area (Å²) in [6.45, 7) is 1.54. The van der Waals surface area contributed by atoms with Crippen LogP contribution in [0.3, 0.4) is 0 Å². The summed E-state index contributed by atoms with van der Waals surface area (Å²) in [7, 11) is 4.16. The molecule has 0 saturated carbocycles. The van der Waals surface area contributed by atoms with Crippen molar-refractivity contribution in [2.75, 3.05) is 20.7 Å². The molecule has 2 amide bonds. The molecule has 8 nitrogen and oxygen atoms in total. The Morgan fingerprint density at radius 1 is 1.03 bits per heavy atom. The van der Waals surface area contributed by atoms with Gasteiger partial charge in [0.15, 0.2) is 12.4 Å². The highest BCUT2D eigenvalue weighted by molar-refractivity contribution is 6.02. The average molecular weight is 441 g/mol. The number of pyridine rings is 1. The zero-order valence-corrected chi connectivity index (χ0v) is 18.6. The third-order valence-corrected chi connectivity index (χ3v) is 5.45. The fourth-order valence-electron chi connectivity index (χ4n) is 3.55. The lowest BCUT2D eigenvalue weighted by molar-refractivity contribution is -0.697. The van der Waals surface area contributed by atoms with Gasteiger partial charge in [-0.2, -0.15) is 0 Å². The summed E-state index contributed by atoms with van der Waals surface area (Å²) >= 11 is 0. The van der Waals surface area contributed by atoms with Crippen LogP contribution < -0.4 is 9.30 Å². The molecule has 0 spiro atoms. The van der Waals surface area contributed by atoms with Crippen molar-refractivity contribution >= 4 is 17.8 Å². The largest absolute Gasteiger partial charge is 0.494 e. The van der Waals surface area contributed by atoms with E-state index in [0.717, 1.165) is 25.8 Å². The summed E-state index contributed by atoms with van der Waals surface area (Å²) in [5, 5.41) is 0.546. The van der Waals surface area contributed by atoms with E-state index in [4.69, 9.17) is 9.57 Å². The Labute approximate surface area is 188 Å². The molecule has 0 unspecified atom stereocenters. The number of hydrogen-bond acceptors (Lipinski definition) is 6. The normalized spacial score (nSPS) is 14.7. The van der Waals surface area contributed by atoms with Gasteiger partial charge in [0.25, 0.3) is 11.8 Å². The topological polar surface area (TPSA) is 80.0 Å². The van der Waals surface area contributed by atoms with E-state index in [9.17, 15) is 14.4 Å². The molecule has 0 bridgehead atoms. The Morgan fingerprint density at radius 2 is 1.69 bits per heavy atom. The summed E-state index contributed by atoms with van der Waals surface area (Å²) < 4.78 is 8.04. The van der Waals surface area contributed by atoms with Crippen LogP contribution in [0.4, 0.5) is 0 Å². The van der Waals surface area contributed by atoms with E-state index in [-0.39, 0.29) is 18.4 Å². The summed E-state index contributed by atoms with van der Waals surface area (Å²) in [6.07, 6.45) is 7.32. The maximum Gasteiger partial charge on any atom is 0.363 e. The van der Waals surface area contributed by atoms with Crippen LogP contribution in [0.5, 0.6) is 5.75 Å². The summed E-state index contributed by atoms with van der Waals surface area (Å²) in [6, 6.07) is 13.0. The number of hydrogen-bond donors (Lipinski definition) is 0. The smallest absolute Gasteiger partial charge is 0.363 e. The van der Waals surface area contributed by atoms with E-state index in [2.05, 4.69) is 36.0 Å². The lowest BCUT2D eigenvalue weighted by Crippen LogP contribution is -2.35. The zero-order valence-electron chi connectivity index (χ0n) is 18.6. The number of carbonyl (C=O) groups is 3. The second kappa shape index (κ2) is 11.4. The molecule has 0 aliphatic carbocycles. The summed E-state index contributed by atoms with van der Waals surface area (Å²) in [5.74, 6) is -1.10. The van der Waals surface area contributed by atoms with E-state index < -0.39 is 17.8 Å². The fraction of sp³-hybridized carbons (Fsp3) is 0.417. The number of ether oxygens (including phenoxy) is 1. The number of hydroxylamine groups is 2. The highest BCUT2D eigenvalue weighted by Crippen LogP contribution is 2.17. The first-order chi connectivity index (χ1) is 15.4. The van der Waals surface area contributed by atoms with E-state index in [1.54, 1.807) is 24.3 Å². The number of carbonyl (C=O) groups excluding carboxylic acids is 3. The maximum atomic E-state index is 12.2. The van der Waals surface area contributed by atoms with Gasteiger partial charge in [-0.3, -0.25) is 9.59 Å². The van der Waals surface area contributed by atoms with Crippen LogP contribution in [0.2, 0.25) is 0 Å². The van der Waals surface area contributed by atoms with Crippen LogP contribution in [0.25, 0.3) is 0 Å². The average Bonchev–Trinajstić information content (AvgIpc) is 3.11. The van der Waals surface area contributed by atoms with Crippen molar-refractivity contribution in [2.24, 2.45) is 0 Å². The molecule has 1 aromatic carbocycles. The first-order valence-corrected chi connectivity index (χ1v) is 10.9. The molecule has 2 aromatic rings. The van der Waals surface area contributed by atoms with Gasteiger partial charge in [-0.15, -0.1) is 5.06 Å². The first kappa shape index (κ1) is 23.4.